The zero-order valence-electron chi connectivity index (χ0n) is 11.8. The Morgan fingerprint density at radius 2 is 2.45 bits per heavy atom. The van der Waals surface area contributed by atoms with Gasteiger partial charge in [0.15, 0.2) is 5.82 Å². The van der Waals surface area contributed by atoms with Crippen molar-refractivity contribution in [2.45, 2.75) is 38.3 Å². The van der Waals surface area contributed by atoms with Gasteiger partial charge < -0.3 is 15.4 Å². The lowest BCUT2D eigenvalue weighted by Gasteiger charge is -2.12. The van der Waals surface area contributed by atoms with Crippen LogP contribution in [0.25, 0.3) is 0 Å². The first-order valence-electron chi connectivity index (χ1n) is 7.40. The third-order valence-electron chi connectivity index (χ3n) is 3.92. The number of nitrogens with zero attached hydrogens (tertiary/aromatic N) is 2. The third-order valence-corrected chi connectivity index (χ3v) is 3.92. The van der Waals surface area contributed by atoms with Gasteiger partial charge in [-0.1, -0.05) is 0 Å². The fraction of sp³-hybridized carbons (Fsp3) is 0.714. The summed E-state index contributed by atoms with van der Waals surface area (Å²) < 4.78 is 7.47. The molecule has 0 unspecified atom stereocenters. The summed E-state index contributed by atoms with van der Waals surface area (Å²) in [6.07, 6.45) is 5.04. The van der Waals surface area contributed by atoms with E-state index in [4.69, 9.17) is 4.74 Å². The van der Waals surface area contributed by atoms with Gasteiger partial charge in [-0.15, -0.1) is 0 Å². The molecule has 6 nitrogen and oxygen atoms in total. The van der Waals surface area contributed by atoms with Crippen LogP contribution in [0.3, 0.4) is 0 Å². The highest BCUT2D eigenvalue weighted by Gasteiger charge is 2.24. The first-order chi connectivity index (χ1) is 9.72. The Balaban J connectivity index is 1.49. The second-order valence-electron chi connectivity index (χ2n) is 5.74. The zero-order chi connectivity index (χ0) is 13.9. The third kappa shape index (κ3) is 3.37. The van der Waals surface area contributed by atoms with E-state index in [2.05, 4.69) is 15.7 Å². The number of carbonyl (C=O) groups excluding carboxylic acids is 1. The lowest BCUT2D eigenvalue weighted by Crippen LogP contribution is -2.28. The Morgan fingerprint density at radius 1 is 1.60 bits per heavy atom. The Bertz CT molecular complexity index is 463. The summed E-state index contributed by atoms with van der Waals surface area (Å²) in [6.45, 7) is 4.45. The number of carbonyl (C=O) groups is 1. The molecule has 1 aliphatic heterocycles. The number of aromatic nitrogens is 2. The molecule has 1 saturated heterocycles. The first kappa shape index (κ1) is 13.6. The van der Waals surface area contributed by atoms with Crippen molar-refractivity contribution in [3.05, 3.63) is 12.3 Å². The highest BCUT2D eigenvalue weighted by atomic mass is 16.5. The molecule has 20 heavy (non-hydrogen) atoms. The van der Waals surface area contributed by atoms with Crippen molar-refractivity contribution in [2.24, 2.45) is 5.92 Å². The van der Waals surface area contributed by atoms with E-state index in [1.54, 1.807) is 6.92 Å². The molecule has 1 amide bonds. The van der Waals surface area contributed by atoms with E-state index in [1.807, 2.05) is 16.9 Å². The van der Waals surface area contributed by atoms with E-state index in [1.165, 1.54) is 12.8 Å². The molecule has 1 aromatic heterocycles. The van der Waals surface area contributed by atoms with Gasteiger partial charge in [-0.05, 0) is 38.6 Å². The van der Waals surface area contributed by atoms with Crippen molar-refractivity contribution in [3.63, 3.8) is 0 Å². The molecule has 1 saturated carbocycles. The van der Waals surface area contributed by atoms with Gasteiger partial charge in [0.2, 0.25) is 0 Å². The van der Waals surface area contributed by atoms with Crippen LogP contribution in [0.5, 0.6) is 0 Å². The van der Waals surface area contributed by atoms with Gasteiger partial charge in [0.25, 0.3) is 5.91 Å². The Morgan fingerprint density at radius 3 is 3.15 bits per heavy atom. The second kappa shape index (κ2) is 5.93. The molecule has 0 bridgehead atoms. The quantitative estimate of drug-likeness (QED) is 0.819. The van der Waals surface area contributed by atoms with E-state index in [0.717, 1.165) is 19.5 Å². The Labute approximate surface area is 118 Å². The maximum absolute atomic E-state index is 12.0. The maximum atomic E-state index is 12.0. The standard InChI is InChI=1S/C14H22N4O2/c1-10(20-9-11-2-3-11)14(19)16-13-5-7-18(17-13)12-4-6-15-8-12/h5,7,10-12,15H,2-4,6,8-9H2,1H3,(H,16,17,19)/t10-,12+/m0/s1. The van der Waals surface area contributed by atoms with Crippen molar-refractivity contribution < 1.29 is 9.53 Å². The molecule has 0 aromatic carbocycles. The fourth-order valence-corrected chi connectivity index (χ4v) is 2.34. The Hall–Kier alpha value is -1.40. The van der Waals surface area contributed by atoms with E-state index < -0.39 is 6.10 Å². The van der Waals surface area contributed by atoms with Gasteiger partial charge in [-0.25, -0.2) is 0 Å². The summed E-state index contributed by atoms with van der Waals surface area (Å²) in [7, 11) is 0. The minimum Gasteiger partial charge on any atom is -0.368 e. The second-order valence-corrected chi connectivity index (χ2v) is 5.74. The normalized spacial score (nSPS) is 23.8. The van der Waals surface area contributed by atoms with Crippen molar-refractivity contribution in [1.29, 1.82) is 0 Å². The summed E-state index contributed by atoms with van der Waals surface area (Å²) in [5.74, 6) is 1.14. The molecule has 2 heterocycles. The fourth-order valence-electron chi connectivity index (χ4n) is 2.34. The molecule has 0 radical (unpaired) electrons. The van der Waals surface area contributed by atoms with Crippen LogP contribution in [0.15, 0.2) is 12.3 Å². The molecule has 6 heteroatoms. The van der Waals surface area contributed by atoms with Crippen LogP contribution in [0, 0.1) is 5.92 Å². The van der Waals surface area contributed by atoms with Gasteiger partial charge in [0, 0.05) is 18.8 Å². The number of hydrogen-bond donors (Lipinski definition) is 2. The summed E-state index contributed by atoms with van der Waals surface area (Å²) in [5.41, 5.74) is 0. The van der Waals surface area contributed by atoms with E-state index in [-0.39, 0.29) is 5.91 Å². The smallest absolute Gasteiger partial charge is 0.254 e. The van der Waals surface area contributed by atoms with Gasteiger partial charge >= 0.3 is 0 Å². The summed E-state index contributed by atoms with van der Waals surface area (Å²) in [5, 5.41) is 10.5. The van der Waals surface area contributed by atoms with E-state index in [0.29, 0.717) is 24.4 Å². The van der Waals surface area contributed by atoms with Crippen LogP contribution in [0.1, 0.15) is 32.2 Å². The predicted molar refractivity (Wildman–Crippen MR) is 75.5 cm³/mol. The molecule has 1 aliphatic carbocycles. The minimum absolute atomic E-state index is 0.125. The van der Waals surface area contributed by atoms with Crippen LogP contribution in [-0.4, -0.2) is 41.5 Å². The van der Waals surface area contributed by atoms with Crippen LogP contribution >= 0.6 is 0 Å². The van der Waals surface area contributed by atoms with Crippen LogP contribution in [0.4, 0.5) is 5.82 Å². The number of hydrogen-bond acceptors (Lipinski definition) is 4. The van der Waals surface area contributed by atoms with Crippen LogP contribution < -0.4 is 10.6 Å². The molecular formula is C14H22N4O2. The number of amides is 1. The summed E-state index contributed by atoms with van der Waals surface area (Å²) in [4.78, 5) is 12.0. The lowest BCUT2D eigenvalue weighted by atomic mass is 10.3. The molecule has 2 atom stereocenters. The lowest BCUT2D eigenvalue weighted by molar-refractivity contribution is -0.126. The summed E-state index contributed by atoms with van der Waals surface area (Å²) in [6, 6.07) is 2.23. The van der Waals surface area contributed by atoms with Gasteiger partial charge in [0.1, 0.15) is 6.10 Å². The zero-order valence-corrected chi connectivity index (χ0v) is 11.8. The topological polar surface area (TPSA) is 68.2 Å². The Kier molecular flexibility index (Phi) is 4.03. The number of rotatable bonds is 6. The number of nitrogens with one attached hydrogen (secondary N) is 2. The molecule has 2 fully saturated rings. The molecule has 2 aliphatic rings. The van der Waals surface area contributed by atoms with Crippen molar-refractivity contribution >= 4 is 11.7 Å². The maximum Gasteiger partial charge on any atom is 0.254 e. The highest BCUT2D eigenvalue weighted by Crippen LogP contribution is 2.29. The minimum atomic E-state index is -0.422. The highest BCUT2D eigenvalue weighted by molar-refractivity contribution is 5.92. The average molecular weight is 278 g/mol. The molecule has 110 valence electrons. The molecule has 0 spiro atoms. The van der Waals surface area contributed by atoms with Crippen molar-refractivity contribution in [2.75, 3.05) is 25.0 Å². The monoisotopic (exact) mass is 278 g/mol. The van der Waals surface area contributed by atoms with Gasteiger partial charge in [-0.2, -0.15) is 5.10 Å². The predicted octanol–water partition coefficient (Wildman–Crippen LogP) is 1.17. The number of ether oxygens (including phenoxy) is 1. The van der Waals surface area contributed by atoms with E-state index in [9.17, 15) is 4.79 Å². The first-order valence-corrected chi connectivity index (χ1v) is 7.40. The van der Waals surface area contributed by atoms with Gasteiger partial charge in [-0.3, -0.25) is 9.48 Å². The van der Waals surface area contributed by atoms with Crippen molar-refractivity contribution in [1.82, 2.24) is 15.1 Å². The SMILES string of the molecule is C[C@H](OCC1CC1)C(=O)Nc1ccn([C@@H]2CCNC2)n1. The van der Waals surface area contributed by atoms with Gasteiger partial charge in [0.05, 0.1) is 12.6 Å². The molecule has 1 aromatic rings. The van der Waals surface area contributed by atoms with Crippen LogP contribution in [-0.2, 0) is 9.53 Å². The van der Waals surface area contributed by atoms with Crippen LogP contribution in [0.2, 0.25) is 0 Å². The molecule has 3 rings (SSSR count). The number of anilines is 1. The molecule has 2 N–H and O–H groups in total. The largest absolute Gasteiger partial charge is 0.368 e. The average Bonchev–Trinajstić information content (AvgIpc) is 2.92. The molecular weight excluding hydrogens is 256 g/mol. The van der Waals surface area contributed by atoms with Crippen molar-refractivity contribution in [3.8, 4) is 0 Å². The van der Waals surface area contributed by atoms with E-state index >= 15 is 0 Å². The summed E-state index contributed by atoms with van der Waals surface area (Å²) >= 11 is 0.